The summed E-state index contributed by atoms with van der Waals surface area (Å²) < 4.78 is 1.86. The van der Waals surface area contributed by atoms with E-state index in [1.54, 1.807) is 12.4 Å². The smallest absolute Gasteiger partial charge is 0.259 e. The maximum Gasteiger partial charge on any atom is 0.259 e. The van der Waals surface area contributed by atoms with Gasteiger partial charge in [-0.1, -0.05) is 0 Å². The molecule has 0 radical (unpaired) electrons. The zero-order valence-electron chi connectivity index (χ0n) is 8.53. The number of H-pyrrole nitrogens is 1. The van der Waals surface area contributed by atoms with Crippen LogP contribution in [0.25, 0.3) is 10.9 Å². The van der Waals surface area contributed by atoms with Gasteiger partial charge in [0, 0.05) is 6.20 Å². The summed E-state index contributed by atoms with van der Waals surface area (Å²) in [5.74, 6) is 0. The van der Waals surface area contributed by atoms with Gasteiger partial charge < -0.3 is 4.98 Å². The lowest BCUT2D eigenvalue weighted by Gasteiger charge is -2.20. The van der Waals surface area contributed by atoms with Crippen LogP contribution in [-0.2, 0) is 5.54 Å². The van der Waals surface area contributed by atoms with E-state index < -0.39 is 0 Å². The highest BCUT2D eigenvalue weighted by Gasteiger charge is 2.17. The van der Waals surface area contributed by atoms with Gasteiger partial charge in [-0.15, -0.1) is 0 Å². The highest BCUT2D eigenvalue weighted by atomic mass is 16.1. The van der Waals surface area contributed by atoms with Gasteiger partial charge in [-0.25, -0.2) is 0 Å². The number of nitrogens with one attached hydrogen (secondary N) is 1. The second-order valence-electron chi connectivity index (χ2n) is 4.33. The van der Waals surface area contributed by atoms with E-state index >= 15 is 0 Å². The number of aromatic amines is 1. The fourth-order valence-corrected chi connectivity index (χ4v) is 1.50. The Morgan fingerprint density at radius 3 is 2.79 bits per heavy atom. The molecule has 0 aliphatic carbocycles. The van der Waals surface area contributed by atoms with Gasteiger partial charge in [-0.05, 0) is 26.8 Å². The van der Waals surface area contributed by atoms with Crippen LogP contribution in [0.4, 0.5) is 0 Å². The van der Waals surface area contributed by atoms with Crippen LogP contribution in [0.2, 0.25) is 0 Å². The zero-order chi connectivity index (χ0) is 10.3. The predicted octanol–water partition coefficient (Wildman–Crippen LogP) is 1.48. The molecule has 2 rings (SSSR count). The van der Waals surface area contributed by atoms with E-state index in [1.807, 2.05) is 10.7 Å². The first-order valence-corrected chi connectivity index (χ1v) is 4.56. The molecule has 0 aromatic carbocycles. The van der Waals surface area contributed by atoms with Crippen molar-refractivity contribution in [3.8, 4) is 0 Å². The van der Waals surface area contributed by atoms with Gasteiger partial charge in [-0.2, -0.15) is 5.10 Å². The molecule has 1 N–H and O–H groups in total. The normalized spacial score (nSPS) is 12.2. The molecule has 0 spiro atoms. The van der Waals surface area contributed by atoms with E-state index in [0.717, 1.165) is 5.52 Å². The molecule has 4 heteroatoms. The van der Waals surface area contributed by atoms with Gasteiger partial charge in [0.1, 0.15) is 0 Å². The quantitative estimate of drug-likeness (QED) is 0.685. The van der Waals surface area contributed by atoms with Crippen LogP contribution in [0.1, 0.15) is 20.8 Å². The highest BCUT2D eigenvalue weighted by Crippen LogP contribution is 2.18. The summed E-state index contributed by atoms with van der Waals surface area (Å²) >= 11 is 0. The Labute approximate surface area is 81.6 Å². The summed E-state index contributed by atoms with van der Waals surface area (Å²) in [7, 11) is 0. The van der Waals surface area contributed by atoms with Crippen molar-refractivity contribution >= 4 is 10.9 Å². The van der Waals surface area contributed by atoms with Crippen molar-refractivity contribution in [1.82, 2.24) is 14.8 Å². The molecular weight excluding hydrogens is 178 g/mol. The monoisotopic (exact) mass is 191 g/mol. The van der Waals surface area contributed by atoms with Crippen LogP contribution in [0.3, 0.4) is 0 Å². The molecule has 14 heavy (non-hydrogen) atoms. The Kier molecular flexibility index (Phi) is 1.74. The van der Waals surface area contributed by atoms with E-state index in [2.05, 4.69) is 30.9 Å². The molecule has 0 saturated heterocycles. The molecule has 2 aromatic rings. The molecule has 0 amide bonds. The van der Waals surface area contributed by atoms with Crippen molar-refractivity contribution in [2.45, 2.75) is 26.3 Å². The molecule has 0 aliphatic rings. The summed E-state index contributed by atoms with van der Waals surface area (Å²) in [6, 6.07) is 1.87. The Morgan fingerprint density at radius 1 is 1.43 bits per heavy atom. The fraction of sp³-hybridized carbons (Fsp3) is 0.400. The van der Waals surface area contributed by atoms with E-state index in [-0.39, 0.29) is 11.1 Å². The summed E-state index contributed by atoms with van der Waals surface area (Å²) in [5.41, 5.74) is 0.689. The lowest BCUT2D eigenvalue weighted by atomic mass is 10.1. The number of aromatic nitrogens is 3. The van der Waals surface area contributed by atoms with E-state index in [4.69, 9.17) is 0 Å². The van der Waals surface area contributed by atoms with Crippen LogP contribution in [0, 0.1) is 0 Å². The third-order valence-electron chi connectivity index (χ3n) is 2.14. The average molecular weight is 191 g/mol. The van der Waals surface area contributed by atoms with Gasteiger partial charge >= 0.3 is 0 Å². The minimum Gasteiger partial charge on any atom is -0.328 e. The standard InChI is InChI=1S/C10H13N3O/c1-10(2,3)13-8-4-5-11-9(14)7(8)6-12-13/h4-6H,1-3H3,(H,11,14). The van der Waals surface area contributed by atoms with Crippen LogP contribution in [-0.4, -0.2) is 14.8 Å². The van der Waals surface area contributed by atoms with Crippen molar-refractivity contribution in [2.24, 2.45) is 0 Å². The van der Waals surface area contributed by atoms with E-state index in [1.165, 1.54) is 0 Å². The molecule has 2 aromatic heterocycles. The van der Waals surface area contributed by atoms with Crippen molar-refractivity contribution in [2.75, 3.05) is 0 Å². The Morgan fingerprint density at radius 2 is 2.14 bits per heavy atom. The molecule has 0 aliphatic heterocycles. The lowest BCUT2D eigenvalue weighted by molar-refractivity contribution is 0.368. The van der Waals surface area contributed by atoms with Crippen LogP contribution >= 0.6 is 0 Å². The summed E-state index contributed by atoms with van der Waals surface area (Å²) in [4.78, 5) is 14.0. The maximum atomic E-state index is 11.4. The lowest BCUT2D eigenvalue weighted by Crippen LogP contribution is -2.23. The molecular formula is C10H13N3O. The van der Waals surface area contributed by atoms with Gasteiger partial charge in [0.05, 0.1) is 22.6 Å². The van der Waals surface area contributed by atoms with E-state index in [0.29, 0.717) is 5.39 Å². The molecule has 0 fully saturated rings. The zero-order valence-corrected chi connectivity index (χ0v) is 8.53. The number of nitrogens with zero attached hydrogens (tertiary/aromatic N) is 2. The molecule has 0 unspecified atom stereocenters. The molecule has 4 nitrogen and oxygen atoms in total. The minimum atomic E-state index is -0.102. The topological polar surface area (TPSA) is 50.7 Å². The SMILES string of the molecule is CC(C)(C)n1ncc2c(=O)[nH]ccc21. The maximum absolute atomic E-state index is 11.4. The molecule has 0 bridgehead atoms. The fourth-order valence-electron chi connectivity index (χ4n) is 1.50. The first-order chi connectivity index (χ1) is 6.50. The Balaban J connectivity index is 2.83. The molecule has 74 valence electrons. The summed E-state index contributed by atoms with van der Waals surface area (Å²) in [6.07, 6.45) is 3.26. The van der Waals surface area contributed by atoms with Gasteiger partial charge in [-0.3, -0.25) is 9.48 Å². The van der Waals surface area contributed by atoms with Crippen LogP contribution in [0.5, 0.6) is 0 Å². The number of hydrogen-bond acceptors (Lipinski definition) is 2. The first-order valence-electron chi connectivity index (χ1n) is 4.56. The first kappa shape index (κ1) is 8.99. The second kappa shape index (κ2) is 2.70. The van der Waals surface area contributed by atoms with Crippen molar-refractivity contribution < 1.29 is 0 Å². The largest absolute Gasteiger partial charge is 0.328 e. The number of pyridine rings is 1. The van der Waals surface area contributed by atoms with Crippen LogP contribution in [0.15, 0.2) is 23.3 Å². The number of rotatable bonds is 0. The number of fused-ring (bicyclic) bond motifs is 1. The van der Waals surface area contributed by atoms with Crippen molar-refractivity contribution in [3.63, 3.8) is 0 Å². The Hall–Kier alpha value is -1.58. The molecule has 0 atom stereocenters. The van der Waals surface area contributed by atoms with Crippen molar-refractivity contribution in [1.29, 1.82) is 0 Å². The summed E-state index contributed by atoms with van der Waals surface area (Å²) in [5, 5.41) is 4.87. The minimum absolute atomic E-state index is 0.0852. The number of hydrogen-bond donors (Lipinski definition) is 1. The predicted molar refractivity (Wildman–Crippen MR) is 55.3 cm³/mol. The van der Waals surface area contributed by atoms with Crippen LogP contribution < -0.4 is 5.56 Å². The van der Waals surface area contributed by atoms with Gasteiger partial charge in [0.15, 0.2) is 0 Å². The van der Waals surface area contributed by atoms with Crippen molar-refractivity contribution in [3.05, 3.63) is 28.8 Å². The third kappa shape index (κ3) is 1.23. The molecule has 0 saturated carbocycles. The van der Waals surface area contributed by atoms with E-state index in [9.17, 15) is 4.79 Å². The van der Waals surface area contributed by atoms with Gasteiger partial charge in [0.25, 0.3) is 5.56 Å². The average Bonchev–Trinajstić information content (AvgIpc) is 2.47. The highest BCUT2D eigenvalue weighted by molar-refractivity contribution is 5.77. The summed E-state index contributed by atoms with van der Waals surface area (Å²) in [6.45, 7) is 6.17. The van der Waals surface area contributed by atoms with Gasteiger partial charge in [0.2, 0.25) is 0 Å². The Bertz CT molecular complexity index is 516. The second-order valence-corrected chi connectivity index (χ2v) is 4.33. The third-order valence-corrected chi connectivity index (χ3v) is 2.14. The molecule has 2 heterocycles.